The molecule has 0 spiro atoms. The summed E-state index contributed by atoms with van der Waals surface area (Å²) in [5, 5.41) is 13.2. The third-order valence-electron chi connectivity index (χ3n) is 3.73. The summed E-state index contributed by atoms with van der Waals surface area (Å²) < 4.78 is 11.9. The van der Waals surface area contributed by atoms with Gasteiger partial charge in [-0.05, 0) is 17.0 Å². The predicted molar refractivity (Wildman–Crippen MR) is 90.1 cm³/mol. The molecule has 0 saturated heterocycles. The number of aliphatic hydroxyl groups is 1. The monoisotopic (exact) mass is 311 g/mol. The van der Waals surface area contributed by atoms with Crippen molar-refractivity contribution in [2.24, 2.45) is 0 Å². The minimum Gasteiger partial charge on any atom is -0.378 e. The van der Waals surface area contributed by atoms with Crippen LogP contribution in [0.2, 0.25) is 0 Å². The molecule has 112 valence electrons. The molecule has 22 heavy (non-hydrogen) atoms. The molecular formula is C18H17NO2S. The minimum atomic E-state index is -1.37. The fourth-order valence-corrected chi connectivity index (χ4v) is 3.64. The second kappa shape index (κ2) is 5.99. The van der Waals surface area contributed by atoms with Gasteiger partial charge in [-0.25, -0.2) is 0 Å². The highest BCUT2D eigenvalue weighted by Crippen LogP contribution is 2.33. The summed E-state index contributed by atoms with van der Waals surface area (Å²) in [4.78, 5) is 4.42. The van der Waals surface area contributed by atoms with E-state index in [0.717, 1.165) is 10.8 Å². The van der Waals surface area contributed by atoms with Gasteiger partial charge in [0.1, 0.15) is 5.60 Å². The molecule has 0 fully saturated rings. The molecule has 0 aliphatic heterocycles. The molecule has 0 aliphatic rings. The Labute approximate surface area is 132 Å². The van der Waals surface area contributed by atoms with Gasteiger partial charge in [0.25, 0.3) is 0 Å². The zero-order chi connectivity index (χ0) is 15.6. The van der Waals surface area contributed by atoms with Crippen LogP contribution in [0.25, 0.3) is 10.8 Å². The summed E-state index contributed by atoms with van der Waals surface area (Å²) in [6.07, 6.45) is 3.28. The van der Waals surface area contributed by atoms with E-state index in [1.807, 2.05) is 60.7 Å². The minimum absolute atomic E-state index is 0.109. The molecule has 3 rings (SSSR count). The molecule has 4 heteroatoms. The number of aromatic nitrogens is 1. The molecule has 3 nitrogen and oxygen atoms in total. The summed E-state index contributed by atoms with van der Waals surface area (Å²) in [7, 11) is -1.17. The second-order valence-electron chi connectivity index (χ2n) is 5.32. The van der Waals surface area contributed by atoms with Crippen molar-refractivity contribution >= 4 is 21.6 Å². The maximum atomic E-state index is 11.9. The smallest absolute Gasteiger partial charge is 0.143 e. The van der Waals surface area contributed by atoms with E-state index in [4.69, 9.17) is 0 Å². The third kappa shape index (κ3) is 2.67. The molecule has 1 N–H and O–H groups in total. The van der Waals surface area contributed by atoms with E-state index in [2.05, 4.69) is 4.98 Å². The molecule has 1 heterocycles. The molecule has 2 atom stereocenters. The first-order chi connectivity index (χ1) is 10.6. The molecule has 0 amide bonds. The van der Waals surface area contributed by atoms with Gasteiger partial charge in [-0.3, -0.25) is 9.19 Å². The van der Waals surface area contributed by atoms with Gasteiger partial charge in [0, 0.05) is 28.6 Å². The van der Waals surface area contributed by atoms with Crippen LogP contribution in [-0.4, -0.2) is 26.3 Å². The van der Waals surface area contributed by atoms with Gasteiger partial charge in [0.15, 0.2) is 0 Å². The lowest BCUT2D eigenvalue weighted by atomic mass is 9.89. The average Bonchev–Trinajstić information content (AvgIpc) is 2.54. The van der Waals surface area contributed by atoms with Crippen LogP contribution in [0.4, 0.5) is 0 Å². The van der Waals surface area contributed by atoms with Gasteiger partial charge in [0.2, 0.25) is 0 Å². The van der Waals surface area contributed by atoms with Gasteiger partial charge in [-0.15, -0.1) is 0 Å². The Morgan fingerprint density at radius 2 is 1.73 bits per heavy atom. The molecule has 0 bridgehead atoms. The number of fused-ring (bicyclic) bond motifs is 1. The standard InChI is InChI=1S/C18H17NO2S/c1-22(21)13-18(20,15-8-3-2-4-9-15)17-16-10-6-5-7-14(16)11-12-19-17/h2-12,20H,13H2,1H3. The van der Waals surface area contributed by atoms with Crippen LogP contribution < -0.4 is 0 Å². The van der Waals surface area contributed by atoms with Crippen LogP contribution in [0.15, 0.2) is 66.9 Å². The van der Waals surface area contributed by atoms with E-state index >= 15 is 0 Å². The van der Waals surface area contributed by atoms with Crippen molar-refractivity contribution in [3.05, 3.63) is 78.1 Å². The summed E-state index contributed by atoms with van der Waals surface area (Å²) >= 11 is 0. The second-order valence-corrected chi connectivity index (χ2v) is 6.76. The van der Waals surface area contributed by atoms with E-state index in [9.17, 15) is 9.32 Å². The Morgan fingerprint density at radius 1 is 1.05 bits per heavy atom. The maximum absolute atomic E-state index is 11.9. The molecule has 0 radical (unpaired) electrons. The Morgan fingerprint density at radius 3 is 2.45 bits per heavy atom. The lowest BCUT2D eigenvalue weighted by Gasteiger charge is -2.28. The van der Waals surface area contributed by atoms with Gasteiger partial charge in [-0.2, -0.15) is 0 Å². The first-order valence-electron chi connectivity index (χ1n) is 7.03. The zero-order valence-corrected chi connectivity index (χ0v) is 13.1. The van der Waals surface area contributed by atoms with Crippen LogP contribution in [0.1, 0.15) is 11.3 Å². The van der Waals surface area contributed by atoms with Crippen LogP contribution >= 0.6 is 0 Å². The van der Waals surface area contributed by atoms with E-state index in [1.165, 1.54) is 0 Å². The SMILES string of the molecule is CS(=O)CC(O)(c1ccccc1)c1nccc2ccccc12. The molecule has 1 aromatic heterocycles. The Bertz CT molecular complexity index is 814. The highest BCUT2D eigenvalue weighted by molar-refractivity contribution is 7.84. The van der Waals surface area contributed by atoms with Crippen molar-refractivity contribution in [2.45, 2.75) is 5.60 Å². The average molecular weight is 311 g/mol. The highest BCUT2D eigenvalue weighted by Gasteiger charge is 2.35. The lowest BCUT2D eigenvalue weighted by Crippen LogP contribution is -2.34. The number of rotatable bonds is 4. The molecule has 3 aromatic rings. The van der Waals surface area contributed by atoms with E-state index in [-0.39, 0.29) is 5.75 Å². The number of nitrogens with zero attached hydrogens (tertiary/aromatic N) is 1. The Balaban J connectivity index is 2.27. The van der Waals surface area contributed by atoms with E-state index < -0.39 is 16.4 Å². The number of benzene rings is 2. The fraction of sp³-hybridized carbons (Fsp3) is 0.167. The van der Waals surface area contributed by atoms with Crippen molar-refractivity contribution in [3.8, 4) is 0 Å². The van der Waals surface area contributed by atoms with Crippen molar-refractivity contribution in [2.75, 3.05) is 12.0 Å². The van der Waals surface area contributed by atoms with Crippen LogP contribution in [0.5, 0.6) is 0 Å². The van der Waals surface area contributed by atoms with Crippen LogP contribution in [-0.2, 0) is 16.4 Å². The van der Waals surface area contributed by atoms with Crippen LogP contribution in [0.3, 0.4) is 0 Å². The first kappa shape index (κ1) is 14.9. The summed E-state index contributed by atoms with van der Waals surface area (Å²) in [6.45, 7) is 0. The zero-order valence-electron chi connectivity index (χ0n) is 12.3. The largest absolute Gasteiger partial charge is 0.378 e. The molecule has 0 saturated carbocycles. The summed E-state index contributed by atoms with van der Waals surface area (Å²) in [5.41, 5.74) is -0.122. The molecule has 2 aromatic carbocycles. The quantitative estimate of drug-likeness (QED) is 0.806. The molecule has 0 aliphatic carbocycles. The number of pyridine rings is 1. The van der Waals surface area contributed by atoms with Crippen molar-refractivity contribution in [1.82, 2.24) is 4.98 Å². The third-order valence-corrected chi connectivity index (χ3v) is 4.55. The normalized spacial score (nSPS) is 15.4. The van der Waals surface area contributed by atoms with Gasteiger partial charge in [0.05, 0.1) is 11.4 Å². The molecule has 2 unspecified atom stereocenters. The lowest BCUT2D eigenvalue weighted by molar-refractivity contribution is 0.104. The Hall–Kier alpha value is -2.04. The molecular weight excluding hydrogens is 294 g/mol. The predicted octanol–water partition coefficient (Wildman–Crippen LogP) is 2.85. The summed E-state index contributed by atoms with van der Waals surface area (Å²) in [6, 6.07) is 19.0. The van der Waals surface area contributed by atoms with Crippen LogP contribution in [0, 0.1) is 0 Å². The topological polar surface area (TPSA) is 50.2 Å². The van der Waals surface area contributed by atoms with Crippen molar-refractivity contribution in [3.63, 3.8) is 0 Å². The van der Waals surface area contributed by atoms with Gasteiger partial charge < -0.3 is 5.11 Å². The number of hydrogen-bond acceptors (Lipinski definition) is 3. The number of hydrogen-bond donors (Lipinski definition) is 1. The first-order valence-corrected chi connectivity index (χ1v) is 8.76. The fourth-order valence-electron chi connectivity index (χ4n) is 2.75. The van der Waals surface area contributed by atoms with Gasteiger partial charge >= 0.3 is 0 Å². The van der Waals surface area contributed by atoms with E-state index in [1.54, 1.807) is 12.5 Å². The van der Waals surface area contributed by atoms with Crippen molar-refractivity contribution in [1.29, 1.82) is 0 Å². The van der Waals surface area contributed by atoms with Gasteiger partial charge in [-0.1, -0.05) is 54.6 Å². The summed E-state index contributed by atoms with van der Waals surface area (Å²) in [5.74, 6) is 0.109. The Kier molecular flexibility index (Phi) is 4.05. The van der Waals surface area contributed by atoms with Crippen molar-refractivity contribution < 1.29 is 9.32 Å². The highest BCUT2D eigenvalue weighted by atomic mass is 32.2. The maximum Gasteiger partial charge on any atom is 0.143 e. The van der Waals surface area contributed by atoms with E-state index in [0.29, 0.717) is 11.3 Å².